The van der Waals surface area contributed by atoms with Gasteiger partial charge in [-0.3, -0.25) is 0 Å². The average Bonchev–Trinajstić information content (AvgIpc) is 2.09. The minimum atomic E-state index is 0.803. The van der Waals surface area contributed by atoms with Gasteiger partial charge in [-0.1, -0.05) is 22.0 Å². The van der Waals surface area contributed by atoms with Crippen LogP contribution in [0, 0.1) is 27.7 Å². The van der Waals surface area contributed by atoms with Crippen molar-refractivity contribution in [3.8, 4) is 0 Å². The van der Waals surface area contributed by atoms with Crippen molar-refractivity contribution in [2.24, 2.45) is 0 Å². The third-order valence-corrected chi connectivity index (χ3v) is 2.89. The van der Waals surface area contributed by atoms with E-state index in [-0.39, 0.29) is 0 Å². The number of alkyl halides is 1. The highest BCUT2D eigenvalue weighted by Gasteiger charge is 2.06. The summed E-state index contributed by atoms with van der Waals surface area (Å²) in [4.78, 5) is 0. The molecule has 0 spiro atoms. The summed E-state index contributed by atoms with van der Waals surface area (Å²) in [6.45, 7) is 8.63. The van der Waals surface area contributed by atoms with E-state index >= 15 is 0 Å². The Morgan fingerprint density at radius 2 is 1.54 bits per heavy atom. The summed E-state index contributed by atoms with van der Waals surface area (Å²) in [7, 11) is 0. The lowest BCUT2D eigenvalue weighted by molar-refractivity contribution is 1.22. The molecule has 0 heterocycles. The van der Waals surface area contributed by atoms with Crippen LogP contribution in [-0.4, -0.2) is 5.45 Å². The lowest BCUT2D eigenvalue weighted by Crippen LogP contribution is -2.02. The van der Waals surface area contributed by atoms with Crippen LogP contribution in [0.2, 0.25) is 0 Å². The molecule has 1 rings (SSSR count). The normalized spacial score (nSPS) is 10.2. The maximum atomic E-state index is 3.39. The van der Waals surface area contributed by atoms with Gasteiger partial charge < -0.3 is 5.32 Å². The van der Waals surface area contributed by atoms with Crippen LogP contribution >= 0.6 is 15.9 Å². The third-order valence-electron chi connectivity index (χ3n) is 2.61. The van der Waals surface area contributed by atoms with Crippen LogP contribution in [0.4, 0.5) is 5.69 Å². The van der Waals surface area contributed by atoms with E-state index in [9.17, 15) is 0 Å². The van der Waals surface area contributed by atoms with E-state index in [0.29, 0.717) is 0 Å². The highest BCUT2D eigenvalue weighted by atomic mass is 79.9. The van der Waals surface area contributed by atoms with E-state index in [2.05, 4.69) is 55.0 Å². The molecule has 1 N–H and O–H groups in total. The minimum Gasteiger partial charge on any atom is -0.375 e. The van der Waals surface area contributed by atoms with Crippen LogP contribution in [-0.2, 0) is 0 Å². The van der Waals surface area contributed by atoms with Crippen molar-refractivity contribution in [1.82, 2.24) is 0 Å². The molecule has 0 amide bonds. The molecule has 0 saturated heterocycles. The summed E-state index contributed by atoms with van der Waals surface area (Å²) in [6, 6.07) is 2.24. The lowest BCUT2D eigenvalue weighted by Gasteiger charge is -2.15. The molecular formula is C11H16BrN. The van der Waals surface area contributed by atoms with Gasteiger partial charge >= 0.3 is 0 Å². The van der Waals surface area contributed by atoms with E-state index in [1.54, 1.807) is 0 Å². The second-order valence-electron chi connectivity index (χ2n) is 3.45. The molecule has 0 aliphatic rings. The number of halogens is 1. The third kappa shape index (κ3) is 2.05. The van der Waals surface area contributed by atoms with Gasteiger partial charge in [-0.15, -0.1) is 0 Å². The predicted molar refractivity (Wildman–Crippen MR) is 62.8 cm³/mol. The smallest absolute Gasteiger partial charge is 0.0707 e. The summed E-state index contributed by atoms with van der Waals surface area (Å²) >= 11 is 3.39. The van der Waals surface area contributed by atoms with Gasteiger partial charge in [0, 0.05) is 5.69 Å². The second kappa shape index (κ2) is 4.14. The number of nitrogens with one attached hydrogen (secondary N) is 1. The fourth-order valence-electron chi connectivity index (χ4n) is 1.55. The molecule has 1 nitrogen and oxygen atoms in total. The molecule has 1 aromatic rings. The number of hydrogen-bond donors (Lipinski definition) is 1. The first-order chi connectivity index (χ1) is 6.07. The number of anilines is 1. The highest BCUT2D eigenvalue weighted by molar-refractivity contribution is 9.09. The standard InChI is InChI=1S/C11H16BrN/c1-7-5-8(2)10(4)11(9(7)3)13-6-12/h5,13H,6H2,1-4H3. The van der Waals surface area contributed by atoms with Crippen molar-refractivity contribution in [3.05, 3.63) is 28.3 Å². The Morgan fingerprint density at radius 3 is 1.92 bits per heavy atom. The molecule has 0 aromatic heterocycles. The summed E-state index contributed by atoms with van der Waals surface area (Å²) in [6.07, 6.45) is 0. The van der Waals surface area contributed by atoms with Crippen LogP contribution in [0.15, 0.2) is 6.07 Å². The van der Waals surface area contributed by atoms with Gasteiger partial charge in [-0.2, -0.15) is 0 Å². The Morgan fingerprint density at radius 1 is 1.08 bits per heavy atom. The van der Waals surface area contributed by atoms with Crippen LogP contribution in [0.25, 0.3) is 0 Å². The molecule has 0 fully saturated rings. The summed E-state index contributed by atoms with van der Waals surface area (Å²) in [5.41, 5.74) is 7.48. The van der Waals surface area contributed by atoms with Crippen LogP contribution < -0.4 is 5.32 Å². The first kappa shape index (κ1) is 10.6. The molecule has 0 unspecified atom stereocenters. The molecule has 1 aromatic carbocycles. The predicted octanol–water partition coefficient (Wildman–Crippen LogP) is 3.68. The molecule has 0 bridgehead atoms. The zero-order valence-corrected chi connectivity index (χ0v) is 10.2. The molecule has 0 aliphatic carbocycles. The molecule has 0 atom stereocenters. The van der Waals surface area contributed by atoms with Crippen molar-refractivity contribution in [3.63, 3.8) is 0 Å². The Hall–Kier alpha value is -0.500. The summed E-state index contributed by atoms with van der Waals surface area (Å²) in [5.74, 6) is 0. The minimum absolute atomic E-state index is 0.803. The maximum absolute atomic E-state index is 3.39. The van der Waals surface area contributed by atoms with E-state index in [4.69, 9.17) is 0 Å². The van der Waals surface area contributed by atoms with Crippen molar-refractivity contribution in [1.29, 1.82) is 0 Å². The summed E-state index contributed by atoms with van der Waals surface area (Å²) < 4.78 is 0. The Kier molecular flexibility index (Phi) is 3.37. The fourth-order valence-corrected chi connectivity index (χ4v) is 1.83. The van der Waals surface area contributed by atoms with E-state index in [1.807, 2.05) is 0 Å². The van der Waals surface area contributed by atoms with Gasteiger partial charge in [0.2, 0.25) is 0 Å². The largest absolute Gasteiger partial charge is 0.375 e. The van der Waals surface area contributed by atoms with Gasteiger partial charge in [-0.05, 0) is 49.9 Å². The Bertz CT molecular complexity index is 292. The van der Waals surface area contributed by atoms with E-state index in [1.165, 1.54) is 27.9 Å². The zero-order chi connectivity index (χ0) is 10.0. The Labute approximate surface area is 88.7 Å². The Balaban J connectivity index is 3.28. The average molecular weight is 242 g/mol. The highest BCUT2D eigenvalue weighted by Crippen LogP contribution is 2.26. The molecular weight excluding hydrogens is 226 g/mol. The molecule has 0 aliphatic heterocycles. The number of aryl methyl sites for hydroxylation is 2. The van der Waals surface area contributed by atoms with Gasteiger partial charge in [0.25, 0.3) is 0 Å². The monoisotopic (exact) mass is 241 g/mol. The van der Waals surface area contributed by atoms with Gasteiger partial charge in [-0.25, -0.2) is 0 Å². The first-order valence-corrected chi connectivity index (χ1v) is 5.57. The molecule has 13 heavy (non-hydrogen) atoms. The molecule has 0 radical (unpaired) electrons. The number of rotatable bonds is 2. The molecule has 2 heteroatoms. The number of hydrogen-bond acceptors (Lipinski definition) is 1. The van der Waals surface area contributed by atoms with Crippen molar-refractivity contribution < 1.29 is 0 Å². The van der Waals surface area contributed by atoms with Crippen LogP contribution in [0.3, 0.4) is 0 Å². The van der Waals surface area contributed by atoms with Crippen molar-refractivity contribution >= 4 is 21.6 Å². The van der Waals surface area contributed by atoms with Gasteiger partial charge in [0.15, 0.2) is 0 Å². The SMILES string of the molecule is Cc1cc(C)c(C)c(NCBr)c1C. The van der Waals surface area contributed by atoms with Crippen LogP contribution in [0.1, 0.15) is 22.3 Å². The first-order valence-electron chi connectivity index (χ1n) is 4.45. The lowest BCUT2D eigenvalue weighted by atomic mass is 9.99. The number of benzene rings is 1. The summed E-state index contributed by atoms with van der Waals surface area (Å²) in [5, 5.41) is 3.34. The van der Waals surface area contributed by atoms with E-state index in [0.717, 1.165) is 5.45 Å². The van der Waals surface area contributed by atoms with Gasteiger partial charge in [0.05, 0.1) is 5.45 Å². The van der Waals surface area contributed by atoms with Gasteiger partial charge in [0.1, 0.15) is 0 Å². The topological polar surface area (TPSA) is 12.0 Å². The quantitative estimate of drug-likeness (QED) is 0.616. The van der Waals surface area contributed by atoms with Crippen molar-refractivity contribution in [2.75, 3.05) is 10.8 Å². The maximum Gasteiger partial charge on any atom is 0.0707 e. The molecule has 72 valence electrons. The van der Waals surface area contributed by atoms with Crippen LogP contribution in [0.5, 0.6) is 0 Å². The molecule has 0 saturated carbocycles. The fraction of sp³-hybridized carbons (Fsp3) is 0.455. The van der Waals surface area contributed by atoms with Crippen molar-refractivity contribution in [2.45, 2.75) is 27.7 Å². The van der Waals surface area contributed by atoms with E-state index < -0.39 is 0 Å². The zero-order valence-electron chi connectivity index (χ0n) is 8.66. The second-order valence-corrected chi connectivity index (χ2v) is 4.01.